The highest BCUT2D eigenvalue weighted by atomic mass is 16.5. The highest BCUT2D eigenvalue weighted by Gasteiger charge is 2.22. The minimum atomic E-state index is 0.249. The Labute approximate surface area is 128 Å². The van der Waals surface area contributed by atoms with Gasteiger partial charge in [-0.3, -0.25) is 0 Å². The number of methoxy groups -OCH3 is 1. The Morgan fingerprint density at radius 2 is 2.24 bits per heavy atom. The fourth-order valence-corrected chi connectivity index (χ4v) is 2.98. The van der Waals surface area contributed by atoms with E-state index in [2.05, 4.69) is 35.3 Å². The van der Waals surface area contributed by atoms with Gasteiger partial charge in [0.25, 0.3) is 0 Å². The monoisotopic (exact) mass is 292 g/mol. The molecule has 1 aliphatic rings. The van der Waals surface area contributed by atoms with Crippen LogP contribution in [0.1, 0.15) is 30.4 Å². The van der Waals surface area contributed by atoms with E-state index in [9.17, 15) is 5.11 Å². The molecule has 2 N–H and O–H groups in total. The van der Waals surface area contributed by atoms with Gasteiger partial charge >= 0.3 is 0 Å². The lowest BCUT2D eigenvalue weighted by molar-refractivity contribution is 0.199. The molecule has 2 rings (SSSR count). The molecule has 0 radical (unpaired) electrons. The van der Waals surface area contributed by atoms with Crippen LogP contribution in [0, 0.1) is 6.92 Å². The maximum absolute atomic E-state index is 9.55. The third kappa shape index (κ3) is 4.43. The molecule has 0 aliphatic carbocycles. The summed E-state index contributed by atoms with van der Waals surface area (Å²) in [6, 6.07) is 6.92. The van der Waals surface area contributed by atoms with Crippen LogP contribution in [-0.2, 0) is 11.3 Å². The minimum absolute atomic E-state index is 0.249. The number of benzene rings is 1. The number of nitrogens with zero attached hydrogens (tertiary/aromatic N) is 1. The van der Waals surface area contributed by atoms with Crippen LogP contribution in [0.3, 0.4) is 0 Å². The number of piperidine rings is 1. The van der Waals surface area contributed by atoms with E-state index < -0.39 is 0 Å². The second-order valence-electron chi connectivity index (χ2n) is 5.81. The van der Waals surface area contributed by atoms with Crippen LogP contribution in [0.5, 0.6) is 0 Å². The number of aryl methyl sites for hydroxylation is 1. The number of hydrogen-bond acceptors (Lipinski definition) is 4. The van der Waals surface area contributed by atoms with Gasteiger partial charge in [-0.25, -0.2) is 0 Å². The lowest BCUT2D eigenvalue weighted by Crippen LogP contribution is -2.41. The number of rotatable bonds is 7. The van der Waals surface area contributed by atoms with Crippen molar-refractivity contribution in [2.24, 2.45) is 0 Å². The first kappa shape index (κ1) is 16.3. The first-order valence-electron chi connectivity index (χ1n) is 7.93. The molecule has 21 heavy (non-hydrogen) atoms. The van der Waals surface area contributed by atoms with Gasteiger partial charge in [-0.15, -0.1) is 0 Å². The van der Waals surface area contributed by atoms with Crippen LogP contribution in [0.2, 0.25) is 0 Å². The quantitative estimate of drug-likeness (QED) is 0.755. The van der Waals surface area contributed by atoms with E-state index in [1.54, 1.807) is 7.11 Å². The van der Waals surface area contributed by atoms with Gasteiger partial charge in [0.05, 0.1) is 19.3 Å². The van der Waals surface area contributed by atoms with Gasteiger partial charge < -0.3 is 20.1 Å². The minimum Gasteiger partial charge on any atom is -0.394 e. The summed E-state index contributed by atoms with van der Waals surface area (Å²) >= 11 is 0. The van der Waals surface area contributed by atoms with Crippen molar-refractivity contribution in [1.29, 1.82) is 0 Å². The summed E-state index contributed by atoms with van der Waals surface area (Å²) in [4.78, 5) is 2.36. The van der Waals surface area contributed by atoms with Crippen LogP contribution < -0.4 is 10.2 Å². The average molecular weight is 292 g/mol. The standard InChI is InChI=1S/C17H28N2O2/c1-14-11-16(19-9-4-3-5-17(19)13-20)7-6-15(14)12-18-8-10-21-2/h6-7,11,17-18,20H,3-5,8-10,12-13H2,1-2H3. The highest BCUT2D eigenvalue weighted by molar-refractivity contribution is 5.52. The molecule has 1 atom stereocenters. The molecule has 0 aromatic heterocycles. The molecule has 4 nitrogen and oxygen atoms in total. The number of nitrogens with one attached hydrogen (secondary N) is 1. The van der Waals surface area contributed by atoms with Gasteiger partial charge in [0.1, 0.15) is 0 Å². The fraction of sp³-hybridized carbons (Fsp3) is 0.647. The number of aliphatic hydroxyl groups excluding tert-OH is 1. The van der Waals surface area contributed by atoms with Crippen molar-refractivity contribution in [3.8, 4) is 0 Å². The Kier molecular flexibility index (Phi) is 6.49. The second-order valence-corrected chi connectivity index (χ2v) is 5.81. The predicted molar refractivity (Wildman–Crippen MR) is 86.8 cm³/mol. The molecule has 1 unspecified atom stereocenters. The maximum atomic E-state index is 9.55. The summed E-state index contributed by atoms with van der Waals surface area (Å²) < 4.78 is 5.04. The molecule has 1 heterocycles. The summed E-state index contributed by atoms with van der Waals surface area (Å²) in [6.07, 6.45) is 3.54. The van der Waals surface area contributed by atoms with Gasteiger partial charge in [0.2, 0.25) is 0 Å². The first-order chi connectivity index (χ1) is 10.3. The number of hydrogen-bond donors (Lipinski definition) is 2. The second kappa shape index (κ2) is 8.37. The third-order valence-corrected chi connectivity index (χ3v) is 4.29. The van der Waals surface area contributed by atoms with Crippen molar-refractivity contribution in [2.45, 2.75) is 38.8 Å². The molecule has 118 valence electrons. The summed E-state index contributed by atoms with van der Waals surface area (Å²) in [5.74, 6) is 0. The largest absolute Gasteiger partial charge is 0.394 e. The molecule has 1 aliphatic heterocycles. The molecule has 4 heteroatoms. The lowest BCUT2D eigenvalue weighted by atomic mass is 10.0. The summed E-state index contributed by atoms with van der Waals surface area (Å²) in [5.41, 5.74) is 3.87. The van der Waals surface area contributed by atoms with E-state index in [0.717, 1.165) is 32.7 Å². The molecular weight excluding hydrogens is 264 g/mol. The molecule has 0 amide bonds. The zero-order chi connectivity index (χ0) is 15.1. The van der Waals surface area contributed by atoms with Crippen molar-refractivity contribution in [2.75, 3.05) is 38.3 Å². The Balaban J connectivity index is 2.00. The molecular formula is C17H28N2O2. The van der Waals surface area contributed by atoms with E-state index in [4.69, 9.17) is 4.74 Å². The zero-order valence-corrected chi connectivity index (χ0v) is 13.3. The topological polar surface area (TPSA) is 44.7 Å². The number of ether oxygens (including phenoxy) is 1. The van der Waals surface area contributed by atoms with Gasteiger partial charge in [-0.05, 0) is 49.4 Å². The van der Waals surface area contributed by atoms with Gasteiger partial charge in [0.15, 0.2) is 0 Å². The zero-order valence-electron chi connectivity index (χ0n) is 13.3. The molecule has 1 aromatic carbocycles. The van der Waals surface area contributed by atoms with E-state index in [1.807, 2.05) is 0 Å². The summed E-state index contributed by atoms with van der Waals surface area (Å²) in [6.45, 7) is 5.95. The molecule has 0 bridgehead atoms. The van der Waals surface area contributed by atoms with Crippen LogP contribution in [-0.4, -0.2) is 44.6 Å². The van der Waals surface area contributed by atoms with Crippen LogP contribution in [0.4, 0.5) is 5.69 Å². The van der Waals surface area contributed by atoms with Gasteiger partial charge in [-0.2, -0.15) is 0 Å². The van der Waals surface area contributed by atoms with E-state index in [0.29, 0.717) is 0 Å². The van der Waals surface area contributed by atoms with Crippen LogP contribution >= 0.6 is 0 Å². The van der Waals surface area contributed by atoms with Crippen molar-refractivity contribution in [3.63, 3.8) is 0 Å². The van der Waals surface area contributed by atoms with Crippen molar-refractivity contribution < 1.29 is 9.84 Å². The molecule has 0 saturated carbocycles. The lowest BCUT2D eigenvalue weighted by Gasteiger charge is -2.36. The van der Waals surface area contributed by atoms with Crippen molar-refractivity contribution in [1.82, 2.24) is 5.32 Å². The van der Waals surface area contributed by atoms with Gasteiger partial charge in [0, 0.05) is 32.4 Å². The predicted octanol–water partition coefficient (Wildman–Crippen LogP) is 2.08. The van der Waals surface area contributed by atoms with E-state index in [1.165, 1.54) is 29.7 Å². The Hall–Kier alpha value is -1.10. The van der Waals surface area contributed by atoms with E-state index in [-0.39, 0.29) is 12.6 Å². The van der Waals surface area contributed by atoms with Crippen LogP contribution in [0.15, 0.2) is 18.2 Å². The summed E-state index contributed by atoms with van der Waals surface area (Å²) in [5, 5.41) is 12.9. The molecule has 0 spiro atoms. The molecule has 1 saturated heterocycles. The Morgan fingerprint density at radius 3 is 2.95 bits per heavy atom. The normalized spacial score (nSPS) is 19.0. The average Bonchev–Trinajstić information content (AvgIpc) is 2.52. The smallest absolute Gasteiger partial charge is 0.0635 e. The Morgan fingerprint density at radius 1 is 1.38 bits per heavy atom. The molecule has 1 fully saturated rings. The molecule has 1 aromatic rings. The highest BCUT2D eigenvalue weighted by Crippen LogP contribution is 2.26. The van der Waals surface area contributed by atoms with Crippen LogP contribution in [0.25, 0.3) is 0 Å². The van der Waals surface area contributed by atoms with Crippen molar-refractivity contribution in [3.05, 3.63) is 29.3 Å². The Bertz CT molecular complexity index is 437. The summed E-state index contributed by atoms with van der Waals surface area (Å²) in [7, 11) is 1.72. The number of anilines is 1. The van der Waals surface area contributed by atoms with Gasteiger partial charge in [-0.1, -0.05) is 6.07 Å². The number of aliphatic hydroxyl groups is 1. The fourth-order valence-electron chi connectivity index (χ4n) is 2.98. The van der Waals surface area contributed by atoms with Crippen molar-refractivity contribution >= 4 is 5.69 Å². The first-order valence-corrected chi connectivity index (χ1v) is 7.93. The third-order valence-electron chi connectivity index (χ3n) is 4.29. The SMILES string of the molecule is COCCNCc1ccc(N2CCCCC2CO)cc1C. The maximum Gasteiger partial charge on any atom is 0.0635 e. The van der Waals surface area contributed by atoms with E-state index >= 15 is 0 Å².